The van der Waals surface area contributed by atoms with Gasteiger partial charge < -0.3 is 0 Å². The van der Waals surface area contributed by atoms with Gasteiger partial charge in [0.15, 0.2) is 0 Å². The zero-order valence-corrected chi connectivity index (χ0v) is 5.87. The molecule has 0 atom stereocenters. The Hall–Kier alpha value is -0.590. The Morgan fingerprint density at radius 3 is 2.56 bits per heavy atom. The summed E-state index contributed by atoms with van der Waals surface area (Å²) in [6, 6.07) is 0. The molecule has 0 N–H and O–H groups in total. The second kappa shape index (κ2) is 2.34. The molecule has 0 saturated carbocycles. The van der Waals surface area contributed by atoms with Crippen molar-refractivity contribution in [2.75, 3.05) is 0 Å². The molecule has 50 valence electrons. The largest absolute Gasteiger partial charge is 0.212 e. The van der Waals surface area contributed by atoms with Gasteiger partial charge in [0.2, 0.25) is 0 Å². The molecule has 1 aliphatic carbocycles. The van der Waals surface area contributed by atoms with Gasteiger partial charge in [0.1, 0.15) is 5.83 Å². The van der Waals surface area contributed by atoms with Crippen molar-refractivity contribution < 1.29 is 4.39 Å². The van der Waals surface area contributed by atoms with E-state index in [1.165, 1.54) is 0 Å². The molecule has 0 aromatic carbocycles. The van der Waals surface area contributed by atoms with Crippen molar-refractivity contribution in [3.05, 3.63) is 23.0 Å². The third kappa shape index (κ3) is 1.21. The number of hydrogen-bond donors (Lipinski definition) is 0. The van der Waals surface area contributed by atoms with Crippen molar-refractivity contribution in [3.63, 3.8) is 0 Å². The molecule has 9 heavy (non-hydrogen) atoms. The Morgan fingerprint density at radius 1 is 1.44 bits per heavy atom. The van der Waals surface area contributed by atoms with E-state index in [9.17, 15) is 4.39 Å². The van der Waals surface area contributed by atoms with Gasteiger partial charge in [0.05, 0.1) is 0 Å². The van der Waals surface area contributed by atoms with Crippen molar-refractivity contribution in [1.82, 2.24) is 0 Å². The van der Waals surface area contributed by atoms with Crippen molar-refractivity contribution in [2.24, 2.45) is 0 Å². The maximum Gasteiger partial charge on any atom is 0.103 e. The Bertz CT molecular complexity index is 175. The van der Waals surface area contributed by atoms with Gasteiger partial charge >= 0.3 is 0 Å². The smallest absolute Gasteiger partial charge is 0.103 e. The molecule has 1 heteroatoms. The van der Waals surface area contributed by atoms with E-state index in [0.717, 1.165) is 17.6 Å². The Morgan fingerprint density at radius 2 is 2.11 bits per heavy atom. The number of halogens is 1. The minimum absolute atomic E-state index is 0.0648. The summed E-state index contributed by atoms with van der Waals surface area (Å²) in [5.74, 6) is 0.0648. The lowest BCUT2D eigenvalue weighted by Crippen LogP contribution is -1.91. The molecule has 1 rings (SSSR count). The molecule has 0 aromatic rings. The van der Waals surface area contributed by atoms with Crippen LogP contribution in [-0.4, -0.2) is 0 Å². The molecular formula is C8H11F. The fourth-order valence-corrected chi connectivity index (χ4v) is 0.970. The lowest BCUT2D eigenvalue weighted by atomic mass is 10.00. The van der Waals surface area contributed by atoms with Crippen LogP contribution in [0.3, 0.4) is 0 Å². The van der Waals surface area contributed by atoms with E-state index in [2.05, 4.69) is 6.08 Å². The average molecular weight is 126 g/mol. The molecule has 0 heterocycles. The van der Waals surface area contributed by atoms with E-state index < -0.39 is 0 Å². The molecule has 0 bridgehead atoms. The van der Waals surface area contributed by atoms with Crippen molar-refractivity contribution in [3.8, 4) is 0 Å². The highest BCUT2D eigenvalue weighted by atomic mass is 19.1. The van der Waals surface area contributed by atoms with Crippen LogP contribution in [0, 0.1) is 0 Å². The Labute approximate surface area is 55.1 Å². The van der Waals surface area contributed by atoms with Gasteiger partial charge in [-0.25, -0.2) is 4.39 Å². The van der Waals surface area contributed by atoms with Crippen molar-refractivity contribution in [2.45, 2.75) is 26.7 Å². The van der Waals surface area contributed by atoms with Gasteiger partial charge in [-0.1, -0.05) is 6.08 Å². The van der Waals surface area contributed by atoms with Crippen molar-refractivity contribution >= 4 is 0 Å². The molecular weight excluding hydrogens is 115 g/mol. The van der Waals surface area contributed by atoms with Gasteiger partial charge in [-0.3, -0.25) is 0 Å². The normalized spacial score (nSPS) is 20.1. The number of allylic oxidation sites excluding steroid dienone is 4. The third-order valence-corrected chi connectivity index (χ3v) is 1.81. The van der Waals surface area contributed by atoms with Crippen LogP contribution in [0.2, 0.25) is 0 Å². The van der Waals surface area contributed by atoms with Gasteiger partial charge in [-0.15, -0.1) is 0 Å². The van der Waals surface area contributed by atoms with Crippen LogP contribution in [0.5, 0.6) is 0 Å². The van der Waals surface area contributed by atoms with Crippen LogP contribution in [0.15, 0.2) is 23.0 Å². The summed E-state index contributed by atoms with van der Waals surface area (Å²) in [5, 5.41) is 0. The highest BCUT2D eigenvalue weighted by molar-refractivity contribution is 5.32. The molecule has 0 fully saturated rings. The number of rotatable bonds is 0. The van der Waals surface area contributed by atoms with E-state index in [4.69, 9.17) is 0 Å². The maximum atomic E-state index is 12.7. The lowest BCUT2D eigenvalue weighted by Gasteiger charge is -2.09. The zero-order chi connectivity index (χ0) is 6.85. The summed E-state index contributed by atoms with van der Waals surface area (Å²) in [7, 11) is 0. The fraction of sp³-hybridized carbons (Fsp3) is 0.500. The molecule has 0 aliphatic heterocycles. The molecule has 0 spiro atoms. The monoisotopic (exact) mass is 126 g/mol. The standard InChI is InChI=1S/C8H11F/c1-6-4-3-5-8(9)7(6)2/h4H,3,5H2,1-2H3. The average Bonchev–Trinajstić information content (AvgIpc) is 1.83. The lowest BCUT2D eigenvalue weighted by molar-refractivity contribution is 0.574. The van der Waals surface area contributed by atoms with Crippen LogP contribution in [-0.2, 0) is 0 Å². The molecule has 0 amide bonds. The highest BCUT2D eigenvalue weighted by Crippen LogP contribution is 2.24. The molecule has 0 saturated heterocycles. The second-order valence-corrected chi connectivity index (χ2v) is 2.46. The summed E-state index contributed by atoms with van der Waals surface area (Å²) >= 11 is 0. The van der Waals surface area contributed by atoms with Crippen LogP contribution in [0.25, 0.3) is 0 Å². The van der Waals surface area contributed by atoms with Gasteiger partial charge in [-0.05, 0) is 31.4 Å². The van der Waals surface area contributed by atoms with Gasteiger partial charge in [0, 0.05) is 6.42 Å². The van der Waals surface area contributed by atoms with E-state index in [1.54, 1.807) is 0 Å². The van der Waals surface area contributed by atoms with Crippen LogP contribution >= 0.6 is 0 Å². The summed E-state index contributed by atoms with van der Waals surface area (Å²) in [4.78, 5) is 0. The minimum atomic E-state index is 0.0648. The number of hydrogen-bond acceptors (Lipinski definition) is 0. The summed E-state index contributed by atoms with van der Waals surface area (Å²) in [5.41, 5.74) is 1.93. The Kier molecular flexibility index (Phi) is 1.70. The van der Waals surface area contributed by atoms with Crippen LogP contribution in [0.1, 0.15) is 26.7 Å². The molecule has 0 aromatic heterocycles. The summed E-state index contributed by atoms with van der Waals surface area (Å²) < 4.78 is 12.7. The summed E-state index contributed by atoms with van der Waals surface area (Å²) in [6.07, 6.45) is 3.55. The SMILES string of the molecule is CC1=CCCC(F)=C1C. The van der Waals surface area contributed by atoms with Crippen LogP contribution < -0.4 is 0 Å². The molecule has 0 radical (unpaired) electrons. The topological polar surface area (TPSA) is 0 Å². The van der Waals surface area contributed by atoms with Gasteiger partial charge in [-0.2, -0.15) is 0 Å². The first-order chi connectivity index (χ1) is 4.22. The van der Waals surface area contributed by atoms with E-state index in [-0.39, 0.29) is 5.83 Å². The van der Waals surface area contributed by atoms with Gasteiger partial charge in [0.25, 0.3) is 0 Å². The first-order valence-electron chi connectivity index (χ1n) is 3.24. The molecule has 1 aliphatic rings. The maximum absolute atomic E-state index is 12.7. The van der Waals surface area contributed by atoms with E-state index >= 15 is 0 Å². The van der Waals surface area contributed by atoms with E-state index in [1.807, 2.05) is 13.8 Å². The predicted octanol–water partition coefficient (Wildman–Crippen LogP) is 2.97. The molecule has 0 nitrogen and oxygen atoms in total. The fourth-order valence-electron chi connectivity index (χ4n) is 0.970. The summed E-state index contributed by atoms with van der Waals surface area (Å²) in [6.45, 7) is 3.79. The first-order valence-corrected chi connectivity index (χ1v) is 3.24. The zero-order valence-electron chi connectivity index (χ0n) is 5.87. The Balaban J connectivity index is 2.88. The highest BCUT2D eigenvalue weighted by Gasteiger charge is 2.06. The quantitative estimate of drug-likeness (QED) is 0.468. The van der Waals surface area contributed by atoms with Crippen LogP contribution in [0.4, 0.5) is 4.39 Å². The predicted molar refractivity (Wildman–Crippen MR) is 36.8 cm³/mol. The minimum Gasteiger partial charge on any atom is -0.212 e. The van der Waals surface area contributed by atoms with E-state index in [0.29, 0.717) is 6.42 Å². The van der Waals surface area contributed by atoms with Crippen molar-refractivity contribution in [1.29, 1.82) is 0 Å². The molecule has 0 unspecified atom stereocenters. The second-order valence-electron chi connectivity index (χ2n) is 2.46. The third-order valence-electron chi connectivity index (χ3n) is 1.81. The first kappa shape index (κ1) is 6.53.